The van der Waals surface area contributed by atoms with Crippen molar-refractivity contribution in [3.63, 3.8) is 0 Å². The molecule has 3 aromatic rings. The quantitative estimate of drug-likeness (QED) is 0.274. The third kappa shape index (κ3) is 6.25. The van der Waals surface area contributed by atoms with E-state index in [2.05, 4.69) is 27.4 Å². The van der Waals surface area contributed by atoms with Gasteiger partial charge in [0.2, 0.25) is 0 Å². The number of H-pyrrole nitrogens is 1. The van der Waals surface area contributed by atoms with Crippen LogP contribution in [0, 0.1) is 5.82 Å². The van der Waals surface area contributed by atoms with Crippen molar-refractivity contribution in [2.24, 2.45) is 0 Å². The molecule has 2 amide bonds. The molecule has 0 saturated carbocycles. The number of amides is 2. The van der Waals surface area contributed by atoms with Crippen LogP contribution in [0.2, 0.25) is 0 Å². The van der Waals surface area contributed by atoms with Crippen molar-refractivity contribution in [1.29, 1.82) is 0 Å². The van der Waals surface area contributed by atoms with Gasteiger partial charge in [-0.25, -0.2) is 14.0 Å². The van der Waals surface area contributed by atoms with Gasteiger partial charge >= 0.3 is 12.0 Å². The molecule has 2 aromatic heterocycles. The van der Waals surface area contributed by atoms with Crippen LogP contribution in [0.25, 0.3) is 11.3 Å². The van der Waals surface area contributed by atoms with E-state index in [1.54, 1.807) is 12.1 Å². The summed E-state index contributed by atoms with van der Waals surface area (Å²) in [6.45, 7) is 10.9. The minimum atomic E-state index is -0.628. The van der Waals surface area contributed by atoms with E-state index < -0.39 is 11.6 Å². The highest BCUT2D eigenvalue weighted by atomic mass is 32.1. The van der Waals surface area contributed by atoms with Gasteiger partial charge in [-0.15, -0.1) is 11.3 Å². The van der Waals surface area contributed by atoms with Gasteiger partial charge in [-0.3, -0.25) is 10.2 Å². The molecular weight excluding hydrogens is 527 g/mol. The number of hydrogen-bond donors (Lipinski definition) is 3. The zero-order chi connectivity index (χ0) is 28.4. The molecule has 3 N–H and O–H groups in total. The van der Waals surface area contributed by atoms with Gasteiger partial charge in [-0.05, 0) is 107 Å². The Morgan fingerprint density at radius 1 is 1.10 bits per heavy atom. The molecular formula is C31H39FN4O3S. The third-order valence-electron chi connectivity index (χ3n) is 7.47. The zero-order valence-corrected chi connectivity index (χ0v) is 24.7. The van der Waals surface area contributed by atoms with Crippen molar-refractivity contribution in [1.82, 2.24) is 15.2 Å². The molecule has 0 saturated heterocycles. The van der Waals surface area contributed by atoms with E-state index in [-0.39, 0.29) is 11.8 Å². The van der Waals surface area contributed by atoms with Crippen LogP contribution < -0.4 is 10.6 Å². The summed E-state index contributed by atoms with van der Waals surface area (Å²) >= 11 is 1.48. The van der Waals surface area contributed by atoms with Crippen LogP contribution in [0.4, 0.5) is 14.2 Å². The van der Waals surface area contributed by atoms with Crippen LogP contribution in [0.3, 0.4) is 0 Å². The number of nitrogens with zero attached hydrogens (tertiary/aromatic N) is 1. The average molecular weight is 567 g/mol. The Hall–Kier alpha value is -3.17. The highest BCUT2D eigenvalue weighted by Gasteiger charge is 2.30. The third-order valence-corrected chi connectivity index (χ3v) is 8.67. The van der Waals surface area contributed by atoms with E-state index in [1.807, 2.05) is 20.8 Å². The lowest BCUT2D eigenvalue weighted by Gasteiger charge is -2.26. The van der Waals surface area contributed by atoms with E-state index in [9.17, 15) is 14.0 Å². The summed E-state index contributed by atoms with van der Waals surface area (Å²) in [5.74, 6) is -0.676. The maximum absolute atomic E-state index is 13.7. The van der Waals surface area contributed by atoms with Gasteiger partial charge in [0, 0.05) is 35.8 Å². The van der Waals surface area contributed by atoms with Crippen molar-refractivity contribution in [3.8, 4) is 11.3 Å². The molecule has 0 radical (unpaired) electrons. The fraction of sp³-hybridized carbons (Fsp3) is 0.484. The molecule has 0 bridgehead atoms. The van der Waals surface area contributed by atoms with Crippen molar-refractivity contribution in [3.05, 3.63) is 62.9 Å². The molecule has 1 aliphatic heterocycles. The van der Waals surface area contributed by atoms with E-state index >= 15 is 0 Å². The van der Waals surface area contributed by atoms with Crippen molar-refractivity contribution >= 4 is 28.3 Å². The number of esters is 1. The molecule has 0 spiro atoms. The van der Waals surface area contributed by atoms with E-state index in [0.29, 0.717) is 17.1 Å². The Bertz CT molecular complexity index is 1390. The number of halogens is 1. The Kier molecular flexibility index (Phi) is 8.33. The lowest BCUT2D eigenvalue weighted by Crippen LogP contribution is -2.32. The van der Waals surface area contributed by atoms with Gasteiger partial charge in [0.1, 0.15) is 16.4 Å². The summed E-state index contributed by atoms with van der Waals surface area (Å²) in [6.07, 6.45) is 5.79. The minimum Gasteiger partial charge on any atom is -0.456 e. The van der Waals surface area contributed by atoms with Gasteiger partial charge in [-0.1, -0.05) is 6.92 Å². The maximum atomic E-state index is 13.7. The largest absolute Gasteiger partial charge is 0.456 e. The highest BCUT2D eigenvalue weighted by Crippen LogP contribution is 2.39. The van der Waals surface area contributed by atoms with Gasteiger partial charge < -0.3 is 15.0 Å². The average Bonchev–Trinajstić information content (AvgIpc) is 3.44. The lowest BCUT2D eigenvalue weighted by atomic mass is 9.95. The zero-order valence-electron chi connectivity index (χ0n) is 23.8. The lowest BCUT2D eigenvalue weighted by molar-refractivity contribution is 0.00699. The van der Waals surface area contributed by atoms with Gasteiger partial charge in [0.15, 0.2) is 0 Å². The summed E-state index contributed by atoms with van der Waals surface area (Å²) in [5, 5.41) is 6.55. The van der Waals surface area contributed by atoms with E-state index in [0.717, 1.165) is 91.1 Å². The Morgan fingerprint density at radius 3 is 2.58 bits per heavy atom. The Labute approximate surface area is 239 Å². The summed E-state index contributed by atoms with van der Waals surface area (Å²) in [7, 11) is 0. The molecule has 214 valence electrons. The summed E-state index contributed by atoms with van der Waals surface area (Å²) in [6, 6.07) is 6.08. The number of urea groups is 1. The van der Waals surface area contributed by atoms with Crippen molar-refractivity contribution in [2.75, 3.05) is 18.4 Å². The molecule has 7 nitrogen and oxygen atoms in total. The van der Waals surface area contributed by atoms with E-state index in [4.69, 9.17) is 4.74 Å². The number of rotatable bonds is 7. The number of carbonyl (C=O) groups excluding carboxylic acids is 2. The second-order valence-electron chi connectivity index (χ2n) is 11.7. The monoisotopic (exact) mass is 566 g/mol. The van der Waals surface area contributed by atoms with Gasteiger partial charge in [-0.2, -0.15) is 0 Å². The number of ether oxygens (including phenoxy) is 1. The second kappa shape index (κ2) is 11.7. The van der Waals surface area contributed by atoms with Crippen molar-refractivity contribution < 1.29 is 18.7 Å². The molecule has 1 aliphatic carbocycles. The minimum absolute atomic E-state index is 0.285. The molecule has 0 fully saturated rings. The number of thiophene rings is 1. The SMILES string of the molecule is CCCN1CCc2c([nH]c(-c3ccc(F)cc3)c2CNC(=O)Nc2sc3c(c2C(=O)OC(C)(C)C)CCCC3)C1. The number of aromatic nitrogens is 1. The van der Waals surface area contributed by atoms with E-state index in [1.165, 1.54) is 29.0 Å². The first-order valence-corrected chi connectivity index (χ1v) is 15.1. The predicted octanol–water partition coefficient (Wildman–Crippen LogP) is 6.81. The first-order valence-electron chi connectivity index (χ1n) is 14.3. The van der Waals surface area contributed by atoms with Crippen LogP contribution in [0.5, 0.6) is 0 Å². The number of anilines is 1. The number of carbonyl (C=O) groups is 2. The first kappa shape index (κ1) is 28.4. The Morgan fingerprint density at radius 2 is 1.85 bits per heavy atom. The first-order chi connectivity index (χ1) is 19.1. The number of aromatic amines is 1. The van der Waals surface area contributed by atoms with Crippen LogP contribution >= 0.6 is 11.3 Å². The van der Waals surface area contributed by atoms with Gasteiger partial charge in [0.05, 0.1) is 11.3 Å². The normalized spacial score (nSPS) is 15.3. The molecule has 0 unspecified atom stereocenters. The number of fused-ring (bicyclic) bond motifs is 2. The smallest absolute Gasteiger partial charge is 0.341 e. The Balaban J connectivity index is 1.38. The van der Waals surface area contributed by atoms with Crippen LogP contribution in [-0.2, 0) is 37.1 Å². The second-order valence-corrected chi connectivity index (χ2v) is 12.8. The summed E-state index contributed by atoms with van der Waals surface area (Å²) < 4.78 is 19.4. The molecule has 1 aromatic carbocycles. The molecule has 2 aliphatic rings. The molecule has 0 atom stereocenters. The predicted molar refractivity (Wildman–Crippen MR) is 157 cm³/mol. The number of hydrogen-bond acceptors (Lipinski definition) is 5. The standard InChI is InChI=1S/C31H39FN4O3S/c1-5-15-36-16-14-21-23(27(34-24(21)18-36)19-10-12-20(32)13-11-19)17-33-30(38)35-28-26(29(37)39-31(2,3)4)22-8-6-7-9-25(22)40-28/h10-13,34H,5-9,14-18H2,1-4H3,(H2,33,35,38). The fourth-order valence-corrected chi connectivity index (χ4v) is 7.00. The number of nitrogens with one attached hydrogen (secondary N) is 3. The molecule has 40 heavy (non-hydrogen) atoms. The van der Waals surface area contributed by atoms with Crippen LogP contribution in [0.15, 0.2) is 24.3 Å². The number of benzene rings is 1. The number of aryl methyl sites for hydroxylation is 1. The molecule has 5 rings (SSSR count). The maximum Gasteiger partial charge on any atom is 0.341 e. The van der Waals surface area contributed by atoms with Crippen LogP contribution in [0.1, 0.15) is 84.6 Å². The van der Waals surface area contributed by atoms with Gasteiger partial charge in [0.25, 0.3) is 0 Å². The van der Waals surface area contributed by atoms with Crippen molar-refractivity contribution in [2.45, 2.75) is 84.9 Å². The fourth-order valence-electron chi connectivity index (χ4n) is 5.72. The highest BCUT2D eigenvalue weighted by molar-refractivity contribution is 7.17. The van der Waals surface area contributed by atoms with Crippen LogP contribution in [-0.4, -0.2) is 40.6 Å². The summed E-state index contributed by atoms with van der Waals surface area (Å²) in [4.78, 5) is 33.6. The topological polar surface area (TPSA) is 86.5 Å². The molecule has 9 heteroatoms. The summed E-state index contributed by atoms with van der Waals surface area (Å²) in [5.41, 5.74) is 6.05. The molecule has 3 heterocycles.